The summed E-state index contributed by atoms with van der Waals surface area (Å²) < 4.78 is 18.2. The van der Waals surface area contributed by atoms with Gasteiger partial charge in [-0.25, -0.2) is 9.18 Å². The molecule has 1 saturated heterocycles. The first kappa shape index (κ1) is 20.7. The summed E-state index contributed by atoms with van der Waals surface area (Å²) in [5.41, 5.74) is -1.37. The molecule has 1 aliphatic rings. The number of nitrogens with zero attached hydrogens (tertiary/aromatic N) is 2. The predicted octanol–water partition coefficient (Wildman–Crippen LogP) is 2.15. The highest BCUT2D eigenvalue weighted by molar-refractivity contribution is 6.10. The van der Waals surface area contributed by atoms with E-state index in [0.717, 1.165) is 18.2 Å². The van der Waals surface area contributed by atoms with E-state index in [4.69, 9.17) is 4.74 Å². The largest absolute Gasteiger partial charge is 0.495 e. The molecule has 30 heavy (non-hydrogen) atoms. The van der Waals surface area contributed by atoms with Gasteiger partial charge in [0.1, 0.15) is 23.7 Å². The summed E-state index contributed by atoms with van der Waals surface area (Å²) >= 11 is 0. The molecule has 0 spiro atoms. The Morgan fingerprint density at radius 3 is 2.53 bits per heavy atom. The number of rotatable bonds is 6. The van der Waals surface area contributed by atoms with Gasteiger partial charge in [0.25, 0.3) is 11.6 Å². The molecule has 0 aliphatic carbocycles. The van der Waals surface area contributed by atoms with E-state index in [2.05, 4.69) is 10.6 Å². The molecule has 11 heteroatoms. The van der Waals surface area contributed by atoms with Crippen molar-refractivity contribution in [2.75, 3.05) is 19.0 Å². The van der Waals surface area contributed by atoms with Crippen molar-refractivity contribution in [1.82, 2.24) is 10.2 Å². The molecule has 3 rings (SSSR count). The standard InChI is InChI=1S/C19H17FN4O6/c1-19(11-3-5-12(20)6-4-11)17(26)23(18(27)22-19)10-16(25)21-14-9-13(24(28)29)7-8-15(14)30-2/h3-9H,10H2,1-2H3,(H,21,25)(H,22,27). The number of nitro benzene ring substituents is 1. The summed E-state index contributed by atoms with van der Waals surface area (Å²) in [5.74, 6) is -1.79. The van der Waals surface area contributed by atoms with Crippen LogP contribution in [-0.2, 0) is 15.1 Å². The van der Waals surface area contributed by atoms with Crippen molar-refractivity contribution in [2.24, 2.45) is 0 Å². The topological polar surface area (TPSA) is 131 Å². The fourth-order valence-corrected chi connectivity index (χ4v) is 3.06. The number of nitro groups is 1. The molecular weight excluding hydrogens is 399 g/mol. The van der Waals surface area contributed by atoms with Crippen LogP contribution in [0, 0.1) is 15.9 Å². The molecular formula is C19H17FN4O6. The van der Waals surface area contributed by atoms with E-state index in [-0.39, 0.29) is 17.1 Å². The minimum absolute atomic E-state index is 0.0186. The van der Waals surface area contributed by atoms with Gasteiger partial charge in [-0.2, -0.15) is 0 Å². The van der Waals surface area contributed by atoms with Crippen molar-refractivity contribution >= 4 is 29.2 Å². The van der Waals surface area contributed by atoms with Crippen LogP contribution < -0.4 is 15.4 Å². The number of benzene rings is 2. The van der Waals surface area contributed by atoms with Crippen LogP contribution in [0.15, 0.2) is 42.5 Å². The Hall–Kier alpha value is -4.02. The van der Waals surface area contributed by atoms with Gasteiger partial charge in [0.15, 0.2) is 0 Å². The van der Waals surface area contributed by atoms with E-state index in [1.54, 1.807) is 0 Å². The van der Waals surface area contributed by atoms with Gasteiger partial charge in [-0.15, -0.1) is 0 Å². The second kappa shape index (κ2) is 7.78. The summed E-state index contributed by atoms with van der Waals surface area (Å²) in [7, 11) is 1.32. The first-order valence-corrected chi connectivity index (χ1v) is 8.68. The lowest BCUT2D eigenvalue weighted by Gasteiger charge is -2.22. The van der Waals surface area contributed by atoms with Crippen molar-refractivity contribution < 1.29 is 28.4 Å². The molecule has 4 amide bonds. The Labute approximate surface area is 169 Å². The second-order valence-electron chi connectivity index (χ2n) is 6.64. The number of non-ortho nitro benzene ring substituents is 1. The van der Waals surface area contributed by atoms with Gasteiger partial charge in [0.05, 0.1) is 17.7 Å². The first-order valence-electron chi connectivity index (χ1n) is 8.68. The summed E-state index contributed by atoms with van der Waals surface area (Å²) in [6.45, 7) is 0.815. The second-order valence-corrected chi connectivity index (χ2v) is 6.64. The molecule has 1 fully saturated rings. The molecule has 0 radical (unpaired) electrons. The summed E-state index contributed by atoms with van der Waals surface area (Å²) in [6, 6.07) is 7.87. The Morgan fingerprint density at radius 1 is 1.27 bits per heavy atom. The van der Waals surface area contributed by atoms with Crippen LogP contribution in [0.1, 0.15) is 12.5 Å². The average molecular weight is 416 g/mol. The minimum atomic E-state index is -1.46. The van der Waals surface area contributed by atoms with Gasteiger partial charge < -0.3 is 15.4 Å². The van der Waals surface area contributed by atoms with E-state index in [1.165, 1.54) is 38.3 Å². The SMILES string of the molecule is COc1ccc([N+](=O)[O-])cc1NC(=O)CN1C(=O)NC(C)(c2ccc(F)cc2)C1=O. The highest BCUT2D eigenvalue weighted by Crippen LogP contribution is 2.30. The van der Waals surface area contributed by atoms with Gasteiger partial charge in [0, 0.05) is 12.1 Å². The van der Waals surface area contributed by atoms with E-state index in [0.29, 0.717) is 10.5 Å². The predicted molar refractivity (Wildman–Crippen MR) is 102 cm³/mol. The number of carbonyl (C=O) groups is 3. The van der Waals surface area contributed by atoms with Crippen LogP contribution in [-0.4, -0.2) is 41.3 Å². The third-order valence-electron chi connectivity index (χ3n) is 4.67. The zero-order valence-corrected chi connectivity index (χ0v) is 16.0. The quantitative estimate of drug-likeness (QED) is 0.421. The van der Waals surface area contributed by atoms with Gasteiger partial charge in [-0.3, -0.25) is 24.6 Å². The van der Waals surface area contributed by atoms with Crippen LogP contribution >= 0.6 is 0 Å². The van der Waals surface area contributed by atoms with Crippen molar-refractivity contribution in [3.8, 4) is 5.75 Å². The van der Waals surface area contributed by atoms with E-state index >= 15 is 0 Å². The maximum atomic E-state index is 13.2. The van der Waals surface area contributed by atoms with Crippen LogP contribution in [0.2, 0.25) is 0 Å². The summed E-state index contributed by atoms with van der Waals surface area (Å²) in [5, 5.41) is 15.9. The van der Waals surface area contributed by atoms with Gasteiger partial charge in [0.2, 0.25) is 5.91 Å². The fraction of sp³-hybridized carbons (Fsp3) is 0.211. The average Bonchev–Trinajstić information content (AvgIpc) is 2.92. The van der Waals surface area contributed by atoms with Gasteiger partial charge in [-0.1, -0.05) is 12.1 Å². The van der Waals surface area contributed by atoms with E-state index in [1.807, 2.05) is 0 Å². The number of amides is 4. The Balaban J connectivity index is 1.78. The zero-order valence-electron chi connectivity index (χ0n) is 16.0. The number of anilines is 1. The lowest BCUT2D eigenvalue weighted by Crippen LogP contribution is -2.42. The van der Waals surface area contributed by atoms with Crippen LogP contribution in [0.3, 0.4) is 0 Å². The zero-order chi connectivity index (χ0) is 22.1. The minimum Gasteiger partial charge on any atom is -0.495 e. The first-order chi connectivity index (χ1) is 14.2. The fourth-order valence-electron chi connectivity index (χ4n) is 3.06. The van der Waals surface area contributed by atoms with Crippen LogP contribution in [0.5, 0.6) is 5.75 Å². The molecule has 0 saturated carbocycles. The highest BCUT2D eigenvalue weighted by atomic mass is 19.1. The van der Waals surface area contributed by atoms with Gasteiger partial charge in [-0.05, 0) is 30.7 Å². The van der Waals surface area contributed by atoms with Crippen molar-refractivity contribution in [3.63, 3.8) is 0 Å². The molecule has 2 aromatic rings. The monoisotopic (exact) mass is 416 g/mol. The maximum Gasteiger partial charge on any atom is 0.325 e. The number of halogens is 1. The van der Waals surface area contributed by atoms with Crippen molar-refractivity contribution in [2.45, 2.75) is 12.5 Å². The smallest absolute Gasteiger partial charge is 0.325 e. The van der Waals surface area contributed by atoms with Gasteiger partial charge >= 0.3 is 6.03 Å². The number of hydrogen-bond acceptors (Lipinski definition) is 6. The molecule has 2 aromatic carbocycles. The number of carbonyl (C=O) groups excluding carboxylic acids is 3. The molecule has 10 nitrogen and oxygen atoms in total. The molecule has 2 N–H and O–H groups in total. The van der Waals surface area contributed by atoms with Crippen molar-refractivity contribution in [3.05, 3.63) is 64.0 Å². The maximum absolute atomic E-state index is 13.2. The van der Waals surface area contributed by atoms with Crippen LogP contribution in [0.4, 0.5) is 20.6 Å². The van der Waals surface area contributed by atoms with Crippen LogP contribution in [0.25, 0.3) is 0 Å². The van der Waals surface area contributed by atoms with E-state index in [9.17, 15) is 28.9 Å². The number of ether oxygens (including phenoxy) is 1. The lowest BCUT2D eigenvalue weighted by molar-refractivity contribution is -0.384. The molecule has 0 bridgehead atoms. The summed E-state index contributed by atoms with van der Waals surface area (Å²) in [4.78, 5) is 48.6. The highest BCUT2D eigenvalue weighted by Gasteiger charge is 2.49. The molecule has 1 heterocycles. The molecule has 0 aromatic heterocycles. The number of methoxy groups -OCH3 is 1. The number of nitrogens with one attached hydrogen (secondary N) is 2. The number of imide groups is 1. The molecule has 1 aliphatic heterocycles. The Morgan fingerprint density at radius 2 is 1.93 bits per heavy atom. The third kappa shape index (κ3) is 3.77. The Kier molecular flexibility index (Phi) is 5.37. The Bertz CT molecular complexity index is 1040. The molecule has 1 unspecified atom stereocenters. The molecule has 1 atom stereocenters. The lowest BCUT2D eigenvalue weighted by atomic mass is 9.92. The summed E-state index contributed by atoms with van der Waals surface area (Å²) in [6.07, 6.45) is 0. The number of hydrogen-bond donors (Lipinski definition) is 2. The number of urea groups is 1. The third-order valence-corrected chi connectivity index (χ3v) is 4.67. The molecule has 156 valence electrons. The van der Waals surface area contributed by atoms with Crippen molar-refractivity contribution in [1.29, 1.82) is 0 Å². The normalized spacial score (nSPS) is 18.2. The van der Waals surface area contributed by atoms with E-state index < -0.39 is 40.7 Å².